The number of ether oxygens (including phenoxy) is 1. The number of aromatic nitrogens is 3. The SMILES string of the molecule is O=C(CSc1nnc(-c2cccs2)n1CC1CCCO1)Nc1ccccc1-c1ccccc1. The normalized spacial score (nSPS) is 15.6. The quantitative estimate of drug-likeness (QED) is 0.336. The Labute approximate surface area is 201 Å². The zero-order chi connectivity index (χ0) is 22.5. The fourth-order valence-electron chi connectivity index (χ4n) is 3.92. The predicted molar refractivity (Wildman–Crippen MR) is 134 cm³/mol. The monoisotopic (exact) mass is 476 g/mol. The second kappa shape index (κ2) is 10.3. The molecule has 1 N–H and O–H groups in total. The van der Waals surface area contributed by atoms with Crippen molar-refractivity contribution in [2.45, 2.75) is 30.6 Å². The van der Waals surface area contributed by atoms with Crippen molar-refractivity contribution in [2.24, 2.45) is 0 Å². The summed E-state index contributed by atoms with van der Waals surface area (Å²) in [5.41, 5.74) is 2.87. The summed E-state index contributed by atoms with van der Waals surface area (Å²) in [5.74, 6) is 1.00. The van der Waals surface area contributed by atoms with Gasteiger partial charge < -0.3 is 10.1 Å². The smallest absolute Gasteiger partial charge is 0.234 e. The van der Waals surface area contributed by atoms with Crippen molar-refractivity contribution < 1.29 is 9.53 Å². The Kier molecular flexibility index (Phi) is 6.85. The first-order valence-electron chi connectivity index (χ1n) is 10.9. The van der Waals surface area contributed by atoms with Gasteiger partial charge in [-0.3, -0.25) is 9.36 Å². The fraction of sp³-hybridized carbons (Fsp3) is 0.240. The van der Waals surface area contributed by atoms with E-state index in [2.05, 4.69) is 20.1 Å². The maximum atomic E-state index is 12.8. The van der Waals surface area contributed by atoms with Crippen molar-refractivity contribution in [1.29, 1.82) is 0 Å². The van der Waals surface area contributed by atoms with Crippen LogP contribution in [0.1, 0.15) is 12.8 Å². The van der Waals surface area contributed by atoms with E-state index in [9.17, 15) is 4.79 Å². The van der Waals surface area contributed by atoms with Gasteiger partial charge in [0.25, 0.3) is 0 Å². The molecule has 2 aromatic carbocycles. The fourth-order valence-corrected chi connectivity index (χ4v) is 5.38. The molecule has 0 saturated carbocycles. The number of hydrogen-bond donors (Lipinski definition) is 1. The molecule has 5 rings (SSSR count). The zero-order valence-electron chi connectivity index (χ0n) is 18.0. The Hall–Kier alpha value is -2.94. The van der Waals surface area contributed by atoms with Crippen LogP contribution in [0.25, 0.3) is 21.8 Å². The Morgan fingerprint density at radius 3 is 2.73 bits per heavy atom. The van der Waals surface area contributed by atoms with Crippen molar-refractivity contribution >= 4 is 34.7 Å². The molecule has 0 aliphatic carbocycles. The van der Waals surface area contributed by atoms with E-state index in [0.29, 0.717) is 6.54 Å². The number of thiophene rings is 1. The highest BCUT2D eigenvalue weighted by Crippen LogP contribution is 2.30. The molecule has 1 aliphatic rings. The largest absolute Gasteiger partial charge is 0.376 e. The number of nitrogens with one attached hydrogen (secondary N) is 1. The molecule has 1 saturated heterocycles. The summed E-state index contributed by atoms with van der Waals surface area (Å²) in [7, 11) is 0. The number of amides is 1. The van der Waals surface area contributed by atoms with E-state index in [1.807, 2.05) is 72.1 Å². The summed E-state index contributed by atoms with van der Waals surface area (Å²) in [6.07, 6.45) is 2.26. The van der Waals surface area contributed by atoms with Crippen LogP contribution in [0.3, 0.4) is 0 Å². The summed E-state index contributed by atoms with van der Waals surface area (Å²) < 4.78 is 7.95. The van der Waals surface area contributed by atoms with Crippen LogP contribution in [-0.2, 0) is 16.1 Å². The highest BCUT2D eigenvalue weighted by molar-refractivity contribution is 7.99. The number of rotatable bonds is 8. The van der Waals surface area contributed by atoms with E-state index >= 15 is 0 Å². The van der Waals surface area contributed by atoms with Gasteiger partial charge in [0.15, 0.2) is 11.0 Å². The molecule has 33 heavy (non-hydrogen) atoms. The van der Waals surface area contributed by atoms with Gasteiger partial charge in [-0.15, -0.1) is 21.5 Å². The predicted octanol–water partition coefficient (Wildman–Crippen LogP) is 5.58. The van der Waals surface area contributed by atoms with Crippen molar-refractivity contribution in [2.75, 3.05) is 17.7 Å². The third-order valence-corrected chi connectivity index (χ3v) is 7.32. The van der Waals surface area contributed by atoms with E-state index in [1.165, 1.54) is 11.8 Å². The molecular formula is C25H24N4O2S2. The van der Waals surface area contributed by atoms with Gasteiger partial charge in [-0.2, -0.15) is 0 Å². The van der Waals surface area contributed by atoms with Crippen LogP contribution < -0.4 is 5.32 Å². The summed E-state index contributed by atoms with van der Waals surface area (Å²) in [6, 6.07) is 22.0. The number of thioether (sulfide) groups is 1. The van der Waals surface area contributed by atoms with E-state index in [0.717, 1.165) is 52.1 Å². The van der Waals surface area contributed by atoms with Gasteiger partial charge >= 0.3 is 0 Å². The molecule has 0 bridgehead atoms. The molecule has 6 nitrogen and oxygen atoms in total. The van der Waals surface area contributed by atoms with Crippen LogP contribution >= 0.6 is 23.1 Å². The minimum atomic E-state index is -0.0762. The van der Waals surface area contributed by atoms with Crippen molar-refractivity contribution in [3.05, 3.63) is 72.1 Å². The number of hydrogen-bond acceptors (Lipinski definition) is 6. The Morgan fingerprint density at radius 2 is 1.94 bits per heavy atom. The number of carbonyl (C=O) groups is 1. The van der Waals surface area contributed by atoms with Gasteiger partial charge in [0.2, 0.25) is 5.91 Å². The van der Waals surface area contributed by atoms with Crippen LogP contribution in [0.2, 0.25) is 0 Å². The van der Waals surface area contributed by atoms with Gasteiger partial charge in [-0.25, -0.2) is 0 Å². The first kappa shape index (κ1) is 21.9. The summed E-state index contributed by atoms with van der Waals surface area (Å²) >= 11 is 3.04. The minimum Gasteiger partial charge on any atom is -0.376 e. The molecule has 1 amide bonds. The second-order valence-electron chi connectivity index (χ2n) is 7.78. The van der Waals surface area contributed by atoms with E-state index in [1.54, 1.807) is 11.3 Å². The van der Waals surface area contributed by atoms with E-state index < -0.39 is 0 Å². The van der Waals surface area contributed by atoms with E-state index in [4.69, 9.17) is 4.74 Å². The van der Waals surface area contributed by atoms with Gasteiger partial charge in [0.1, 0.15) is 0 Å². The number of carbonyl (C=O) groups excluding carboxylic acids is 1. The number of para-hydroxylation sites is 1. The lowest BCUT2D eigenvalue weighted by Crippen LogP contribution is -2.18. The zero-order valence-corrected chi connectivity index (χ0v) is 19.6. The maximum absolute atomic E-state index is 12.8. The van der Waals surface area contributed by atoms with Gasteiger partial charge in [0, 0.05) is 17.9 Å². The average Bonchev–Trinajstić information content (AvgIpc) is 3.62. The Bertz CT molecular complexity index is 1200. The molecule has 1 aliphatic heterocycles. The molecule has 0 spiro atoms. The van der Waals surface area contributed by atoms with Crippen LogP contribution in [0.5, 0.6) is 0 Å². The standard InChI is InChI=1S/C25H24N4O2S2/c30-23(26-21-12-5-4-11-20(21)18-8-2-1-3-9-18)17-33-25-28-27-24(22-13-7-15-32-22)29(25)16-19-10-6-14-31-19/h1-5,7-9,11-13,15,19H,6,10,14,16-17H2,(H,26,30). The molecule has 4 aromatic rings. The highest BCUT2D eigenvalue weighted by Gasteiger charge is 2.22. The third-order valence-electron chi connectivity index (χ3n) is 5.49. The summed E-state index contributed by atoms with van der Waals surface area (Å²) in [6.45, 7) is 1.49. The molecule has 2 aromatic heterocycles. The summed E-state index contributed by atoms with van der Waals surface area (Å²) in [4.78, 5) is 13.9. The number of benzene rings is 2. The van der Waals surface area contributed by atoms with Crippen LogP contribution in [0.15, 0.2) is 77.3 Å². The number of anilines is 1. The molecule has 3 heterocycles. The Morgan fingerprint density at radius 1 is 1.09 bits per heavy atom. The lowest BCUT2D eigenvalue weighted by Gasteiger charge is -2.14. The van der Waals surface area contributed by atoms with Crippen LogP contribution in [-0.4, -0.2) is 39.1 Å². The molecule has 1 atom stereocenters. The van der Waals surface area contributed by atoms with E-state index in [-0.39, 0.29) is 17.8 Å². The maximum Gasteiger partial charge on any atom is 0.234 e. The lowest BCUT2D eigenvalue weighted by molar-refractivity contribution is -0.113. The minimum absolute atomic E-state index is 0.0762. The third kappa shape index (κ3) is 5.19. The molecular weight excluding hydrogens is 452 g/mol. The molecule has 1 fully saturated rings. The van der Waals surface area contributed by atoms with Crippen molar-refractivity contribution in [1.82, 2.24) is 14.8 Å². The molecule has 8 heteroatoms. The first-order chi connectivity index (χ1) is 16.3. The highest BCUT2D eigenvalue weighted by atomic mass is 32.2. The van der Waals surface area contributed by atoms with Gasteiger partial charge in [-0.05, 0) is 35.9 Å². The average molecular weight is 477 g/mol. The molecule has 0 radical (unpaired) electrons. The summed E-state index contributed by atoms with van der Waals surface area (Å²) in [5, 5.41) is 14.7. The van der Waals surface area contributed by atoms with Gasteiger partial charge in [-0.1, -0.05) is 66.4 Å². The Balaban J connectivity index is 1.30. The van der Waals surface area contributed by atoms with Gasteiger partial charge in [0.05, 0.1) is 23.3 Å². The topological polar surface area (TPSA) is 69.0 Å². The first-order valence-corrected chi connectivity index (χ1v) is 12.8. The van der Waals surface area contributed by atoms with Crippen LogP contribution in [0, 0.1) is 0 Å². The number of nitrogens with zero attached hydrogens (tertiary/aromatic N) is 3. The van der Waals surface area contributed by atoms with Crippen molar-refractivity contribution in [3.63, 3.8) is 0 Å². The molecule has 1 unspecified atom stereocenters. The second-order valence-corrected chi connectivity index (χ2v) is 9.67. The lowest BCUT2D eigenvalue weighted by atomic mass is 10.0. The van der Waals surface area contributed by atoms with Crippen molar-refractivity contribution in [3.8, 4) is 21.8 Å². The molecule has 168 valence electrons. The van der Waals surface area contributed by atoms with Crippen LogP contribution in [0.4, 0.5) is 5.69 Å².